The lowest BCUT2D eigenvalue weighted by Gasteiger charge is -2.16. The molecule has 0 amide bonds. The molecule has 8 heteroatoms. The maximum Gasteiger partial charge on any atom is 0.147 e. The molecule has 3 aromatic carbocycles. The summed E-state index contributed by atoms with van der Waals surface area (Å²) in [6, 6.07) is 21.5. The van der Waals surface area contributed by atoms with Crippen LogP contribution in [-0.2, 0) is 6.61 Å². The first-order valence-electron chi connectivity index (χ1n) is 12.6. The number of nitrogens with one attached hydrogen (secondary N) is 1. The molecule has 0 bridgehead atoms. The van der Waals surface area contributed by atoms with E-state index in [0.717, 1.165) is 41.9 Å². The van der Waals surface area contributed by atoms with Gasteiger partial charge in [0.15, 0.2) is 0 Å². The molecule has 0 aliphatic carbocycles. The standard InChI is InChI=1S/C30H28ClN5O2/c1-3-37-28-16-25-23(15-26(28)35-29-10-7-13-36(29)2)30(21(17-32)18-33-25)34-22-11-12-27(24(31)14-22)38-19-20-8-5-4-6-9-20/h4-6,8-9,11-12,14-16,18H,3,7,10,13,19H2,1-2H3,(H,33,34). The number of anilines is 2. The van der Waals surface area contributed by atoms with Gasteiger partial charge in [0.2, 0.25) is 0 Å². The molecule has 1 fully saturated rings. The molecule has 1 aromatic heterocycles. The third-order valence-electron chi connectivity index (χ3n) is 6.39. The van der Waals surface area contributed by atoms with Gasteiger partial charge in [0.1, 0.15) is 35.7 Å². The van der Waals surface area contributed by atoms with Crippen molar-refractivity contribution < 1.29 is 9.47 Å². The number of pyridine rings is 1. The highest BCUT2D eigenvalue weighted by Crippen LogP contribution is 2.39. The summed E-state index contributed by atoms with van der Waals surface area (Å²) in [6.45, 7) is 3.86. The average Bonchev–Trinajstić information content (AvgIpc) is 3.33. The van der Waals surface area contributed by atoms with Crippen molar-refractivity contribution >= 4 is 45.4 Å². The predicted octanol–water partition coefficient (Wildman–Crippen LogP) is 7.24. The number of nitrogens with zero attached hydrogens (tertiary/aromatic N) is 4. The molecule has 0 unspecified atom stereocenters. The molecule has 192 valence electrons. The summed E-state index contributed by atoms with van der Waals surface area (Å²) >= 11 is 6.56. The number of halogens is 1. The minimum absolute atomic E-state index is 0.416. The van der Waals surface area contributed by atoms with E-state index >= 15 is 0 Å². The fourth-order valence-electron chi connectivity index (χ4n) is 4.44. The zero-order chi connectivity index (χ0) is 26.5. The van der Waals surface area contributed by atoms with Crippen LogP contribution in [0, 0.1) is 11.3 Å². The minimum Gasteiger partial charge on any atom is -0.492 e. The highest BCUT2D eigenvalue weighted by Gasteiger charge is 2.18. The molecular formula is C30H28ClN5O2. The monoisotopic (exact) mass is 525 g/mol. The number of aromatic nitrogens is 1. The van der Waals surface area contributed by atoms with Gasteiger partial charge in [0, 0.05) is 43.4 Å². The molecule has 0 spiro atoms. The van der Waals surface area contributed by atoms with Crippen molar-refractivity contribution in [1.82, 2.24) is 9.88 Å². The molecule has 2 heterocycles. The van der Waals surface area contributed by atoms with Gasteiger partial charge in [-0.3, -0.25) is 4.98 Å². The number of amidine groups is 1. The first-order chi connectivity index (χ1) is 18.6. The Labute approximate surface area is 227 Å². The van der Waals surface area contributed by atoms with Crippen LogP contribution in [0.3, 0.4) is 0 Å². The Kier molecular flexibility index (Phi) is 7.62. The third-order valence-corrected chi connectivity index (χ3v) is 6.69. The number of ether oxygens (including phenoxy) is 2. The van der Waals surface area contributed by atoms with Crippen LogP contribution in [0.25, 0.3) is 10.9 Å². The third kappa shape index (κ3) is 5.51. The van der Waals surface area contributed by atoms with Crippen molar-refractivity contribution in [2.75, 3.05) is 25.5 Å². The number of nitriles is 1. The molecule has 1 aliphatic rings. The Morgan fingerprint density at radius 1 is 1.11 bits per heavy atom. The van der Waals surface area contributed by atoms with Crippen LogP contribution in [0.1, 0.15) is 30.9 Å². The molecular weight excluding hydrogens is 498 g/mol. The molecule has 5 rings (SSSR count). The summed E-state index contributed by atoms with van der Waals surface area (Å²) in [5.41, 5.74) is 4.25. The van der Waals surface area contributed by atoms with Gasteiger partial charge in [-0.05, 0) is 43.2 Å². The van der Waals surface area contributed by atoms with Gasteiger partial charge in [-0.15, -0.1) is 0 Å². The zero-order valence-electron chi connectivity index (χ0n) is 21.4. The smallest absolute Gasteiger partial charge is 0.147 e. The number of hydrogen-bond acceptors (Lipinski definition) is 6. The van der Waals surface area contributed by atoms with E-state index < -0.39 is 0 Å². The van der Waals surface area contributed by atoms with Crippen LogP contribution in [0.2, 0.25) is 5.02 Å². The summed E-state index contributed by atoms with van der Waals surface area (Å²) in [5.74, 6) is 2.27. The van der Waals surface area contributed by atoms with Crippen LogP contribution in [-0.4, -0.2) is 35.9 Å². The number of hydrogen-bond donors (Lipinski definition) is 1. The van der Waals surface area contributed by atoms with E-state index in [2.05, 4.69) is 21.3 Å². The second kappa shape index (κ2) is 11.4. The van der Waals surface area contributed by atoms with E-state index in [1.165, 1.54) is 0 Å². The highest BCUT2D eigenvalue weighted by atomic mass is 35.5. The van der Waals surface area contributed by atoms with Crippen molar-refractivity contribution in [2.45, 2.75) is 26.4 Å². The van der Waals surface area contributed by atoms with Crippen molar-refractivity contribution in [3.63, 3.8) is 0 Å². The second-order valence-corrected chi connectivity index (χ2v) is 9.43. The topological polar surface area (TPSA) is 82.8 Å². The van der Waals surface area contributed by atoms with E-state index in [1.54, 1.807) is 12.3 Å². The molecule has 0 radical (unpaired) electrons. The van der Waals surface area contributed by atoms with Gasteiger partial charge in [-0.2, -0.15) is 5.26 Å². The maximum atomic E-state index is 9.87. The molecule has 1 saturated heterocycles. The largest absolute Gasteiger partial charge is 0.492 e. The van der Waals surface area contributed by atoms with Gasteiger partial charge in [0.05, 0.1) is 28.4 Å². The first-order valence-corrected chi connectivity index (χ1v) is 12.9. The van der Waals surface area contributed by atoms with Gasteiger partial charge in [-0.1, -0.05) is 41.9 Å². The summed E-state index contributed by atoms with van der Waals surface area (Å²) < 4.78 is 11.8. The summed E-state index contributed by atoms with van der Waals surface area (Å²) in [5, 5.41) is 14.5. The van der Waals surface area contributed by atoms with E-state index in [1.807, 2.05) is 68.6 Å². The van der Waals surface area contributed by atoms with Crippen LogP contribution in [0.4, 0.5) is 17.1 Å². The molecule has 1 N–H and O–H groups in total. The SMILES string of the molecule is CCOc1cc2ncc(C#N)c(Nc3ccc(OCc4ccccc4)c(Cl)c3)c2cc1N=C1CCCN1C. The average molecular weight is 526 g/mol. The Morgan fingerprint density at radius 2 is 1.95 bits per heavy atom. The number of fused-ring (bicyclic) bond motifs is 1. The van der Waals surface area contributed by atoms with E-state index in [-0.39, 0.29) is 0 Å². The molecule has 0 saturated carbocycles. The van der Waals surface area contributed by atoms with E-state index in [4.69, 9.17) is 26.1 Å². The normalized spacial score (nSPS) is 14.1. The Hall–Kier alpha value is -4.28. The van der Waals surface area contributed by atoms with Gasteiger partial charge >= 0.3 is 0 Å². The summed E-state index contributed by atoms with van der Waals surface area (Å²) in [4.78, 5) is 11.6. The van der Waals surface area contributed by atoms with Crippen LogP contribution < -0.4 is 14.8 Å². The van der Waals surface area contributed by atoms with E-state index in [0.29, 0.717) is 52.2 Å². The first kappa shape index (κ1) is 25.4. The number of benzene rings is 3. The molecule has 4 aromatic rings. The highest BCUT2D eigenvalue weighted by molar-refractivity contribution is 6.32. The van der Waals surface area contributed by atoms with Crippen molar-refractivity contribution in [1.29, 1.82) is 5.26 Å². The summed E-state index contributed by atoms with van der Waals surface area (Å²) in [7, 11) is 2.05. The van der Waals surface area contributed by atoms with Crippen LogP contribution in [0.15, 0.2) is 71.9 Å². The van der Waals surface area contributed by atoms with Gasteiger partial charge in [0.25, 0.3) is 0 Å². The lowest BCUT2D eigenvalue weighted by molar-refractivity contribution is 0.306. The number of aliphatic imine (C=N–C) groups is 1. The minimum atomic E-state index is 0.416. The number of likely N-dealkylation sites (tertiary alicyclic amines) is 1. The van der Waals surface area contributed by atoms with Crippen molar-refractivity contribution in [2.24, 2.45) is 4.99 Å². The lowest BCUT2D eigenvalue weighted by Crippen LogP contribution is -2.18. The van der Waals surface area contributed by atoms with Crippen molar-refractivity contribution in [3.05, 3.63) is 83.0 Å². The predicted molar refractivity (Wildman–Crippen MR) is 152 cm³/mol. The molecule has 7 nitrogen and oxygen atoms in total. The lowest BCUT2D eigenvalue weighted by atomic mass is 10.1. The van der Waals surface area contributed by atoms with Crippen molar-refractivity contribution in [3.8, 4) is 17.6 Å². The van der Waals surface area contributed by atoms with Gasteiger partial charge in [-0.25, -0.2) is 4.99 Å². The maximum absolute atomic E-state index is 9.87. The molecule has 1 aliphatic heterocycles. The zero-order valence-corrected chi connectivity index (χ0v) is 22.1. The second-order valence-electron chi connectivity index (χ2n) is 9.03. The fraction of sp³-hybridized carbons (Fsp3) is 0.233. The Morgan fingerprint density at radius 3 is 2.66 bits per heavy atom. The van der Waals surface area contributed by atoms with Crippen LogP contribution >= 0.6 is 11.6 Å². The Bertz CT molecular complexity index is 1530. The van der Waals surface area contributed by atoms with Crippen LogP contribution in [0.5, 0.6) is 11.5 Å². The Balaban J connectivity index is 1.49. The number of rotatable bonds is 8. The molecule has 38 heavy (non-hydrogen) atoms. The van der Waals surface area contributed by atoms with E-state index in [9.17, 15) is 5.26 Å². The van der Waals surface area contributed by atoms with Gasteiger partial charge < -0.3 is 19.7 Å². The summed E-state index contributed by atoms with van der Waals surface area (Å²) in [6.07, 6.45) is 3.56. The fourth-order valence-corrected chi connectivity index (χ4v) is 4.67. The molecule has 0 atom stereocenters. The quantitative estimate of drug-likeness (QED) is 0.261.